The summed E-state index contributed by atoms with van der Waals surface area (Å²) >= 11 is 0. The summed E-state index contributed by atoms with van der Waals surface area (Å²) in [6.07, 6.45) is 0. The lowest BCUT2D eigenvalue weighted by molar-refractivity contribution is -0.139. The van der Waals surface area contributed by atoms with Gasteiger partial charge in [0.1, 0.15) is 0 Å². The Hall–Kier alpha value is -2.37. The third kappa shape index (κ3) is 2.81. The highest BCUT2D eigenvalue weighted by atomic mass is 16.2. The smallest absolute Gasteiger partial charge is 0.323 e. The van der Waals surface area contributed by atoms with E-state index >= 15 is 0 Å². The molecule has 3 N–H and O–H groups in total. The van der Waals surface area contributed by atoms with Crippen LogP contribution in [0.15, 0.2) is 24.3 Å². The van der Waals surface area contributed by atoms with Crippen LogP contribution in [-0.4, -0.2) is 24.8 Å². The fourth-order valence-corrected chi connectivity index (χ4v) is 1.27. The first-order chi connectivity index (χ1) is 7.97. The molecule has 0 aliphatic carbocycles. The molecule has 0 saturated carbocycles. The van der Waals surface area contributed by atoms with Crippen molar-refractivity contribution in [2.75, 3.05) is 17.7 Å². The lowest BCUT2D eigenvalue weighted by Crippen LogP contribution is -2.44. The standard InChI is InChI=1S/C11H13N3O3/c1-7(15)14(11(17)10(16)13-2)9-5-3-8(12)4-6-9/h3-6H,12H2,1-2H3,(H,13,16). The first-order valence-electron chi connectivity index (χ1n) is 4.89. The molecular formula is C11H13N3O3. The van der Waals surface area contributed by atoms with Gasteiger partial charge in [-0.2, -0.15) is 0 Å². The summed E-state index contributed by atoms with van der Waals surface area (Å²) in [6.45, 7) is 1.21. The Kier molecular flexibility index (Phi) is 3.82. The number of benzene rings is 1. The number of nitrogens with zero attached hydrogens (tertiary/aromatic N) is 1. The molecule has 17 heavy (non-hydrogen) atoms. The zero-order chi connectivity index (χ0) is 13.0. The molecule has 1 aromatic rings. The largest absolute Gasteiger partial charge is 0.399 e. The molecule has 0 saturated heterocycles. The second kappa shape index (κ2) is 5.11. The van der Waals surface area contributed by atoms with Crippen LogP contribution in [0, 0.1) is 0 Å². The lowest BCUT2D eigenvalue weighted by Gasteiger charge is -2.18. The highest BCUT2D eigenvalue weighted by Crippen LogP contribution is 2.16. The van der Waals surface area contributed by atoms with Crippen molar-refractivity contribution in [2.45, 2.75) is 6.92 Å². The maximum Gasteiger partial charge on any atom is 0.323 e. The van der Waals surface area contributed by atoms with Crippen LogP contribution in [0.3, 0.4) is 0 Å². The number of anilines is 2. The molecule has 90 valence electrons. The molecule has 0 atom stereocenters. The van der Waals surface area contributed by atoms with Gasteiger partial charge in [-0.05, 0) is 24.3 Å². The molecule has 0 radical (unpaired) electrons. The van der Waals surface area contributed by atoms with Crippen LogP contribution in [0.2, 0.25) is 0 Å². The summed E-state index contributed by atoms with van der Waals surface area (Å²) in [6, 6.07) is 6.08. The minimum atomic E-state index is -0.926. The van der Waals surface area contributed by atoms with Crippen molar-refractivity contribution < 1.29 is 14.4 Å². The highest BCUT2D eigenvalue weighted by Gasteiger charge is 2.25. The maximum atomic E-state index is 11.7. The Morgan fingerprint density at radius 3 is 2.12 bits per heavy atom. The third-order valence-electron chi connectivity index (χ3n) is 2.09. The van der Waals surface area contributed by atoms with Gasteiger partial charge < -0.3 is 11.1 Å². The van der Waals surface area contributed by atoms with Crippen molar-refractivity contribution in [3.63, 3.8) is 0 Å². The summed E-state index contributed by atoms with van der Waals surface area (Å²) in [5.41, 5.74) is 6.31. The van der Waals surface area contributed by atoms with E-state index in [4.69, 9.17) is 5.73 Å². The highest BCUT2D eigenvalue weighted by molar-refractivity contribution is 6.45. The molecule has 1 rings (SSSR count). The molecule has 0 aliphatic rings. The minimum Gasteiger partial charge on any atom is -0.399 e. The number of carbonyl (C=O) groups excluding carboxylic acids is 3. The van der Waals surface area contributed by atoms with Crippen LogP contribution in [0.1, 0.15) is 6.92 Å². The quantitative estimate of drug-likeness (QED) is 0.525. The summed E-state index contributed by atoms with van der Waals surface area (Å²) in [7, 11) is 1.32. The van der Waals surface area contributed by atoms with Gasteiger partial charge in [0.05, 0.1) is 5.69 Å². The number of nitrogens with one attached hydrogen (secondary N) is 1. The monoisotopic (exact) mass is 235 g/mol. The van der Waals surface area contributed by atoms with Gasteiger partial charge in [-0.15, -0.1) is 0 Å². The molecule has 6 heteroatoms. The van der Waals surface area contributed by atoms with Crippen LogP contribution >= 0.6 is 0 Å². The number of hydrogen-bond donors (Lipinski definition) is 2. The Labute approximate surface area is 98.4 Å². The summed E-state index contributed by atoms with van der Waals surface area (Å²) < 4.78 is 0. The Balaban J connectivity index is 3.10. The Morgan fingerprint density at radius 2 is 1.71 bits per heavy atom. The molecule has 0 spiro atoms. The predicted octanol–water partition coefficient (Wildman–Crippen LogP) is -0.106. The van der Waals surface area contributed by atoms with Crippen molar-refractivity contribution >= 4 is 29.1 Å². The van der Waals surface area contributed by atoms with Crippen molar-refractivity contribution in [3.05, 3.63) is 24.3 Å². The van der Waals surface area contributed by atoms with E-state index < -0.39 is 17.7 Å². The van der Waals surface area contributed by atoms with Gasteiger partial charge in [-0.1, -0.05) is 0 Å². The number of nitrogens with two attached hydrogens (primary N) is 1. The fourth-order valence-electron chi connectivity index (χ4n) is 1.27. The van der Waals surface area contributed by atoms with Crippen LogP contribution in [0.25, 0.3) is 0 Å². The molecule has 0 aromatic heterocycles. The predicted molar refractivity (Wildman–Crippen MR) is 63.1 cm³/mol. The topological polar surface area (TPSA) is 92.5 Å². The maximum absolute atomic E-state index is 11.7. The van der Waals surface area contributed by atoms with E-state index in [1.807, 2.05) is 0 Å². The lowest BCUT2D eigenvalue weighted by atomic mass is 10.2. The van der Waals surface area contributed by atoms with E-state index in [1.165, 1.54) is 26.1 Å². The Bertz CT molecular complexity index is 454. The molecule has 6 nitrogen and oxygen atoms in total. The van der Waals surface area contributed by atoms with Crippen LogP contribution in [0.5, 0.6) is 0 Å². The third-order valence-corrected chi connectivity index (χ3v) is 2.09. The van der Waals surface area contributed by atoms with Crippen molar-refractivity contribution in [1.29, 1.82) is 0 Å². The average molecular weight is 235 g/mol. The van der Waals surface area contributed by atoms with Crippen molar-refractivity contribution in [1.82, 2.24) is 5.32 Å². The van der Waals surface area contributed by atoms with Gasteiger partial charge >= 0.3 is 11.8 Å². The van der Waals surface area contributed by atoms with E-state index in [-0.39, 0.29) is 0 Å². The van der Waals surface area contributed by atoms with E-state index in [2.05, 4.69) is 5.32 Å². The SMILES string of the molecule is CNC(=O)C(=O)N(C(C)=O)c1ccc(N)cc1. The first kappa shape index (κ1) is 12.7. The van der Waals surface area contributed by atoms with Crippen LogP contribution in [-0.2, 0) is 14.4 Å². The summed E-state index contributed by atoms with van der Waals surface area (Å²) in [4.78, 5) is 35.1. The van der Waals surface area contributed by atoms with Gasteiger partial charge in [-0.25, -0.2) is 4.90 Å². The minimum absolute atomic E-state index is 0.306. The number of nitrogen functional groups attached to an aromatic ring is 1. The molecule has 1 aromatic carbocycles. The van der Waals surface area contributed by atoms with Gasteiger partial charge in [0.25, 0.3) is 0 Å². The van der Waals surface area contributed by atoms with Gasteiger partial charge in [0.15, 0.2) is 0 Å². The zero-order valence-corrected chi connectivity index (χ0v) is 9.56. The second-order valence-corrected chi connectivity index (χ2v) is 3.33. The number of hydrogen-bond acceptors (Lipinski definition) is 4. The molecule has 0 bridgehead atoms. The molecular weight excluding hydrogens is 222 g/mol. The first-order valence-corrected chi connectivity index (χ1v) is 4.89. The normalized spacial score (nSPS) is 9.53. The number of amides is 3. The van der Waals surface area contributed by atoms with E-state index in [1.54, 1.807) is 12.1 Å². The van der Waals surface area contributed by atoms with Crippen LogP contribution in [0.4, 0.5) is 11.4 Å². The van der Waals surface area contributed by atoms with Crippen LogP contribution < -0.4 is 16.0 Å². The summed E-state index contributed by atoms with van der Waals surface area (Å²) in [5, 5.41) is 2.17. The zero-order valence-electron chi connectivity index (χ0n) is 9.56. The summed E-state index contributed by atoms with van der Waals surface area (Å²) in [5.74, 6) is -2.31. The van der Waals surface area contributed by atoms with Crippen molar-refractivity contribution in [3.8, 4) is 0 Å². The molecule has 0 fully saturated rings. The number of carbonyl (C=O) groups is 3. The fraction of sp³-hybridized carbons (Fsp3) is 0.182. The van der Waals surface area contributed by atoms with Gasteiger partial charge in [0, 0.05) is 19.7 Å². The average Bonchev–Trinajstić information content (AvgIpc) is 2.30. The molecule has 3 amide bonds. The Morgan fingerprint density at radius 1 is 1.18 bits per heavy atom. The number of likely N-dealkylation sites (N-methyl/N-ethyl adjacent to an activating group) is 1. The van der Waals surface area contributed by atoms with E-state index in [0.29, 0.717) is 11.4 Å². The van der Waals surface area contributed by atoms with Gasteiger partial charge in [-0.3, -0.25) is 14.4 Å². The van der Waals surface area contributed by atoms with Gasteiger partial charge in [0.2, 0.25) is 5.91 Å². The molecule has 0 heterocycles. The second-order valence-electron chi connectivity index (χ2n) is 3.33. The van der Waals surface area contributed by atoms with E-state index in [9.17, 15) is 14.4 Å². The number of imide groups is 1. The molecule has 0 unspecified atom stereocenters. The molecule has 0 aliphatic heterocycles. The number of rotatable bonds is 1. The van der Waals surface area contributed by atoms with E-state index in [0.717, 1.165) is 4.90 Å². The van der Waals surface area contributed by atoms with Crippen molar-refractivity contribution in [2.24, 2.45) is 0 Å².